The zero-order valence-corrected chi connectivity index (χ0v) is 16.9. The zero-order chi connectivity index (χ0) is 19.5. The van der Waals surface area contributed by atoms with Crippen molar-refractivity contribution in [3.63, 3.8) is 0 Å². The highest BCUT2D eigenvalue weighted by Crippen LogP contribution is 2.22. The molecule has 0 radical (unpaired) electrons. The van der Waals surface area contributed by atoms with Crippen LogP contribution < -0.4 is 0 Å². The topological polar surface area (TPSA) is 80.8 Å². The molecular weight excluding hydrogens is 401 g/mol. The molecule has 9 heteroatoms. The van der Waals surface area contributed by atoms with E-state index in [2.05, 4.69) is 0 Å². The van der Waals surface area contributed by atoms with Crippen molar-refractivity contribution in [2.75, 3.05) is 18.1 Å². The fourth-order valence-electron chi connectivity index (χ4n) is 2.96. The lowest BCUT2D eigenvalue weighted by Gasteiger charge is -2.29. The molecule has 144 valence electrons. The van der Waals surface area contributed by atoms with E-state index >= 15 is 0 Å². The number of carbonyl (C=O) groups excluding carboxylic acids is 2. The minimum Gasteiger partial charge on any atom is -0.452 e. The molecular formula is C17H21Cl2NO5S. The number of sulfone groups is 1. The Kier molecular flexibility index (Phi) is 6.93. The molecule has 0 aliphatic carbocycles. The third-order valence-electron chi connectivity index (χ3n) is 4.28. The SMILES string of the molecule is CCN(C(=O)C(C)OC(=O)Cc1ccc(Cl)cc1Cl)C1CCS(=O)(=O)C1. The van der Waals surface area contributed by atoms with Gasteiger partial charge in [-0.3, -0.25) is 9.59 Å². The van der Waals surface area contributed by atoms with Gasteiger partial charge in [-0.2, -0.15) is 0 Å². The Balaban J connectivity index is 1.97. The second-order valence-electron chi connectivity index (χ2n) is 6.23. The van der Waals surface area contributed by atoms with Crippen LogP contribution in [0.25, 0.3) is 0 Å². The lowest BCUT2D eigenvalue weighted by Crippen LogP contribution is -2.46. The first-order valence-electron chi connectivity index (χ1n) is 8.27. The van der Waals surface area contributed by atoms with E-state index in [1.807, 2.05) is 0 Å². The molecule has 1 heterocycles. The number of esters is 1. The van der Waals surface area contributed by atoms with Gasteiger partial charge in [0.25, 0.3) is 5.91 Å². The second kappa shape index (κ2) is 8.59. The third kappa shape index (κ3) is 5.34. The van der Waals surface area contributed by atoms with E-state index in [1.165, 1.54) is 17.9 Å². The largest absolute Gasteiger partial charge is 0.452 e. The molecule has 1 aromatic carbocycles. The number of benzene rings is 1. The molecule has 1 aliphatic rings. The predicted molar refractivity (Wildman–Crippen MR) is 100 cm³/mol. The van der Waals surface area contributed by atoms with Crippen LogP contribution in [0.5, 0.6) is 0 Å². The number of likely N-dealkylation sites (N-methyl/N-ethyl adjacent to an activating group) is 1. The molecule has 1 aliphatic heterocycles. The molecule has 1 fully saturated rings. The van der Waals surface area contributed by atoms with E-state index in [9.17, 15) is 18.0 Å². The molecule has 0 bridgehead atoms. The van der Waals surface area contributed by atoms with Crippen LogP contribution in [0.2, 0.25) is 10.0 Å². The Morgan fingerprint density at radius 1 is 1.35 bits per heavy atom. The lowest BCUT2D eigenvalue weighted by molar-refractivity contribution is -0.159. The number of hydrogen-bond acceptors (Lipinski definition) is 5. The van der Waals surface area contributed by atoms with Crippen molar-refractivity contribution in [2.45, 2.75) is 38.8 Å². The third-order valence-corrected chi connectivity index (χ3v) is 6.62. The van der Waals surface area contributed by atoms with Crippen molar-refractivity contribution in [1.82, 2.24) is 4.90 Å². The van der Waals surface area contributed by atoms with Gasteiger partial charge in [-0.25, -0.2) is 8.42 Å². The zero-order valence-electron chi connectivity index (χ0n) is 14.6. The highest BCUT2D eigenvalue weighted by Gasteiger charge is 2.36. The number of carbonyl (C=O) groups is 2. The molecule has 0 aromatic heterocycles. The summed E-state index contributed by atoms with van der Waals surface area (Å²) in [5.41, 5.74) is 0.551. The summed E-state index contributed by atoms with van der Waals surface area (Å²) < 4.78 is 28.5. The van der Waals surface area contributed by atoms with Gasteiger partial charge >= 0.3 is 5.97 Å². The first kappa shape index (κ1) is 21.0. The van der Waals surface area contributed by atoms with Gasteiger partial charge in [0, 0.05) is 22.6 Å². The van der Waals surface area contributed by atoms with Gasteiger partial charge in [-0.1, -0.05) is 29.3 Å². The summed E-state index contributed by atoms with van der Waals surface area (Å²) in [5.74, 6) is -0.964. The fraction of sp³-hybridized carbons (Fsp3) is 0.529. The Bertz CT molecular complexity index is 796. The van der Waals surface area contributed by atoms with Gasteiger partial charge < -0.3 is 9.64 Å². The molecule has 1 saturated heterocycles. The van der Waals surface area contributed by atoms with E-state index in [0.29, 0.717) is 28.6 Å². The van der Waals surface area contributed by atoms with Crippen molar-refractivity contribution < 1.29 is 22.7 Å². The number of nitrogens with zero attached hydrogens (tertiary/aromatic N) is 1. The number of hydrogen-bond donors (Lipinski definition) is 0. The van der Waals surface area contributed by atoms with Crippen LogP contribution in [0.4, 0.5) is 0 Å². The van der Waals surface area contributed by atoms with Gasteiger partial charge in [0.1, 0.15) is 0 Å². The number of rotatable bonds is 6. The number of ether oxygens (including phenoxy) is 1. The molecule has 1 amide bonds. The Hall–Kier alpha value is -1.31. The maximum absolute atomic E-state index is 12.6. The number of amides is 1. The number of halogens is 2. The average Bonchev–Trinajstić information content (AvgIpc) is 2.90. The summed E-state index contributed by atoms with van der Waals surface area (Å²) in [6.45, 7) is 3.60. The van der Waals surface area contributed by atoms with Gasteiger partial charge in [0.05, 0.1) is 17.9 Å². The van der Waals surface area contributed by atoms with Crippen LogP contribution in [-0.4, -0.2) is 55.4 Å². The van der Waals surface area contributed by atoms with Crippen LogP contribution in [0.15, 0.2) is 18.2 Å². The highest BCUT2D eigenvalue weighted by molar-refractivity contribution is 7.91. The molecule has 1 aromatic rings. The summed E-state index contributed by atoms with van der Waals surface area (Å²) in [5, 5.41) is 0.806. The molecule has 0 N–H and O–H groups in total. The van der Waals surface area contributed by atoms with Crippen molar-refractivity contribution >= 4 is 44.9 Å². The lowest BCUT2D eigenvalue weighted by atomic mass is 10.1. The Morgan fingerprint density at radius 3 is 2.58 bits per heavy atom. The van der Waals surface area contributed by atoms with E-state index < -0.39 is 27.8 Å². The highest BCUT2D eigenvalue weighted by atomic mass is 35.5. The van der Waals surface area contributed by atoms with E-state index in [1.54, 1.807) is 19.1 Å². The minimum atomic E-state index is -3.11. The summed E-state index contributed by atoms with van der Waals surface area (Å²) in [6, 6.07) is 4.40. The van der Waals surface area contributed by atoms with Crippen LogP contribution in [-0.2, 0) is 30.6 Å². The fourth-order valence-corrected chi connectivity index (χ4v) is 5.16. The van der Waals surface area contributed by atoms with Gasteiger partial charge in [-0.15, -0.1) is 0 Å². The molecule has 26 heavy (non-hydrogen) atoms. The second-order valence-corrected chi connectivity index (χ2v) is 9.30. The predicted octanol–water partition coefficient (Wildman–Crippen LogP) is 2.50. The maximum atomic E-state index is 12.6. The van der Waals surface area contributed by atoms with Crippen molar-refractivity contribution in [3.05, 3.63) is 33.8 Å². The van der Waals surface area contributed by atoms with Crippen LogP contribution in [0, 0.1) is 0 Å². The Morgan fingerprint density at radius 2 is 2.04 bits per heavy atom. The molecule has 2 atom stereocenters. The van der Waals surface area contributed by atoms with Crippen molar-refractivity contribution in [2.24, 2.45) is 0 Å². The molecule has 0 saturated carbocycles. The first-order chi connectivity index (χ1) is 12.1. The van der Waals surface area contributed by atoms with Gasteiger partial charge in [-0.05, 0) is 38.0 Å². The van der Waals surface area contributed by atoms with Crippen LogP contribution >= 0.6 is 23.2 Å². The standard InChI is InChI=1S/C17H21Cl2NO5S/c1-3-20(14-6-7-26(23,24)10-14)17(22)11(2)25-16(21)8-12-4-5-13(18)9-15(12)19/h4-5,9,11,14H,3,6-8,10H2,1-2H3. The van der Waals surface area contributed by atoms with Crippen LogP contribution in [0.1, 0.15) is 25.8 Å². The summed E-state index contributed by atoms with van der Waals surface area (Å²) in [4.78, 5) is 26.2. The minimum absolute atomic E-state index is 0.0480. The monoisotopic (exact) mass is 421 g/mol. The normalized spacial score (nSPS) is 19.8. The Labute approximate surface area is 163 Å². The van der Waals surface area contributed by atoms with Crippen molar-refractivity contribution in [1.29, 1.82) is 0 Å². The van der Waals surface area contributed by atoms with E-state index in [-0.39, 0.29) is 24.0 Å². The molecule has 2 unspecified atom stereocenters. The first-order valence-corrected chi connectivity index (χ1v) is 10.8. The molecule has 2 rings (SSSR count). The maximum Gasteiger partial charge on any atom is 0.311 e. The quantitative estimate of drug-likeness (QED) is 0.659. The van der Waals surface area contributed by atoms with Gasteiger partial charge in [0.2, 0.25) is 0 Å². The average molecular weight is 422 g/mol. The smallest absolute Gasteiger partial charge is 0.311 e. The van der Waals surface area contributed by atoms with Crippen molar-refractivity contribution in [3.8, 4) is 0 Å². The molecule has 6 nitrogen and oxygen atoms in total. The summed E-state index contributed by atoms with van der Waals surface area (Å²) in [7, 11) is -3.11. The van der Waals surface area contributed by atoms with E-state index in [0.717, 1.165) is 0 Å². The van der Waals surface area contributed by atoms with Crippen LogP contribution in [0.3, 0.4) is 0 Å². The summed E-state index contributed by atoms with van der Waals surface area (Å²) in [6.07, 6.45) is -0.683. The summed E-state index contributed by atoms with van der Waals surface area (Å²) >= 11 is 11.9. The van der Waals surface area contributed by atoms with E-state index in [4.69, 9.17) is 27.9 Å². The van der Waals surface area contributed by atoms with Gasteiger partial charge in [0.15, 0.2) is 15.9 Å². The molecule has 0 spiro atoms.